The van der Waals surface area contributed by atoms with Gasteiger partial charge >= 0.3 is 11.9 Å². The van der Waals surface area contributed by atoms with Gasteiger partial charge in [-0.05, 0) is 62.8 Å². The van der Waals surface area contributed by atoms with Gasteiger partial charge in [-0.15, -0.1) is 0 Å². The van der Waals surface area contributed by atoms with E-state index >= 15 is 0 Å². The van der Waals surface area contributed by atoms with Gasteiger partial charge in [0.1, 0.15) is 0 Å². The van der Waals surface area contributed by atoms with Crippen molar-refractivity contribution in [1.82, 2.24) is 0 Å². The molecule has 0 N–H and O–H groups in total. The number of hydrogen-bond donors (Lipinski definition) is 0. The van der Waals surface area contributed by atoms with Crippen LogP contribution in [0, 0.1) is 0 Å². The van der Waals surface area contributed by atoms with E-state index in [2.05, 4.69) is 9.78 Å². The van der Waals surface area contributed by atoms with Gasteiger partial charge in [0.05, 0.1) is 11.1 Å². The van der Waals surface area contributed by atoms with Crippen molar-refractivity contribution in [2.45, 2.75) is 38.5 Å². The molecule has 2 heterocycles. The SMILES string of the molecule is C1CCOCC1.C1CCOCC1.O=C(OOC(=O)c1ccccc1)c1ccccc1. The summed E-state index contributed by atoms with van der Waals surface area (Å²) in [6.45, 7) is 4.00. The zero-order valence-corrected chi connectivity index (χ0v) is 17.3. The lowest BCUT2D eigenvalue weighted by atomic mass is 10.2. The molecule has 6 nitrogen and oxygen atoms in total. The first-order valence-corrected chi connectivity index (χ1v) is 10.5. The molecule has 2 saturated heterocycles. The molecule has 0 unspecified atom stereocenters. The van der Waals surface area contributed by atoms with Crippen molar-refractivity contribution in [3.63, 3.8) is 0 Å². The van der Waals surface area contributed by atoms with Crippen molar-refractivity contribution >= 4 is 11.9 Å². The van der Waals surface area contributed by atoms with Gasteiger partial charge < -0.3 is 9.47 Å². The molecule has 2 aliphatic rings. The number of carbonyl (C=O) groups is 2. The molecule has 0 saturated carbocycles. The van der Waals surface area contributed by atoms with E-state index in [4.69, 9.17) is 9.47 Å². The second-order valence-electron chi connectivity index (χ2n) is 6.82. The zero-order chi connectivity index (χ0) is 21.3. The number of benzene rings is 2. The molecule has 0 aliphatic carbocycles. The highest BCUT2D eigenvalue weighted by Crippen LogP contribution is 2.05. The summed E-state index contributed by atoms with van der Waals surface area (Å²) in [7, 11) is 0. The van der Waals surface area contributed by atoms with E-state index in [1.54, 1.807) is 60.7 Å². The third-order valence-electron chi connectivity index (χ3n) is 4.37. The van der Waals surface area contributed by atoms with Crippen LogP contribution in [0.3, 0.4) is 0 Å². The Kier molecular flexibility index (Phi) is 11.9. The highest BCUT2D eigenvalue weighted by Gasteiger charge is 2.13. The van der Waals surface area contributed by atoms with Crippen LogP contribution in [0.4, 0.5) is 0 Å². The van der Waals surface area contributed by atoms with Crippen molar-refractivity contribution in [2.75, 3.05) is 26.4 Å². The zero-order valence-electron chi connectivity index (χ0n) is 17.3. The Hall–Kier alpha value is -2.70. The Bertz CT molecular complexity index is 622. The van der Waals surface area contributed by atoms with Crippen LogP contribution < -0.4 is 0 Å². The lowest BCUT2D eigenvalue weighted by molar-refractivity contribution is -0.187. The lowest BCUT2D eigenvalue weighted by Gasteiger charge is -2.08. The molecule has 162 valence electrons. The summed E-state index contributed by atoms with van der Waals surface area (Å²) in [5.74, 6) is -1.42. The van der Waals surface area contributed by atoms with Crippen LogP contribution in [-0.2, 0) is 19.2 Å². The molecule has 2 fully saturated rings. The van der Waals surface area contributed by atoms with Gasteiger partial charge in [0.15, 0.2) is 0 Å². The molecule has 2 aromatic rings. The molecule has 0 amide bonds. The smallest absolute Gasteiger partial charge is 0.381 e. The van der Waals surface area contributed by atoms with Gasteiger partial charge in [0.25, 0.3) is 0 Å². The van der Waals surface area contributed by atoms with Crippen LogP contribution in [0.25, 0.3) is 0 Å². The molecule has 0 aromatic heterocycles. The normalized spacial score (nSPS) is 15.3. The van der Waals surface area contributed by atoms with Crippen molar-refractivity contribution in [3.05, 3.63) is 71.8 Å². The van der Waals surface area contributed by atoms with Crippen LogP contribution in [0.2, 0.25) is 0 Å². The lowest BCUT2D eigenvalue weighted by Crippen LogP contribution is -2.11. The minimum Gasteiger partial charge on any atom is -0.381 e. The molecular weight excluding hydrogens is 384 g/mol. The van der Waals surface area contributed by atoms with Crippen molar-refractivity contribution in [1.29, 1.82) is 0 Å². The highest BCUT2D eigenvalue weighted by atomic mass is 17.2. The van der Waals surface area contributed by atoms with Crippen LogP contribution in [-0.4, -0.2) is 38.4 Å². The summed E-state index contributed by atoms with van der Waals surface area (Å²) >= 11 is 0. The van der Waals surface area contributed by atoms with Crippen molar-refractivity contribution in [2.24, 2.45) is 0 Å². The summed E-state index contributed by atoms with van der Waals surface area (Å²) < 4.78 is 10.1. The number of hydrogen-bond acceptors (Lipinski definition) is 6. The summed E-state index contributed by atoms with van der Waals surface area (Å²) in [6.07, 6.45) is 7.86. The van der Waals surface area contributed by atoms with Crippen LogP contribution >= 0.6 is 0 Å². The molecule has 6 heteroatoms. The second kappa shape index (κ2) is 15.2. The first-order chi connectivity index (χ1) is 14.8. The molecule has 0 radical (unpaired) electrons. The average Bonchev–Trinajstić information content (AvgIpc) is 2.86. The number of rotatable bonds is 2. The van der Waals surface area contributed by atoms with Crippen molar-refractivity contribution < 1.29 is 28.8 Å². The Balaban J connectivity index is 0.000000215. The predicted octanol–water partition coefficient (Wildman–Crippen LogP) is 4.99. The average molecular weight is 414 g/mol. The Morgan fingerprint density at radius 1 is 0.533 bits per heavy atom. The Morgan fingerprint density at radius 3 is 1.10 bits per heavy atom. The van der Waals surface area contributed by atoms with Gasteiger partial charge in [-0.3, -0.25) is 0 Å². The Labute approximate surface area is 178 Å². The molecule has 4 rings (SSSR count). The van der Waals surface area contributed by atoms with Gasteiger partial charge in [-0.25, -0.2) is 19.4 Å². The van der Waals surface area contributed by atoms with Gasteiger partial charge in [0.2, 0.25) is 0 Å². The highest BCUT2D eigenvalue weighted by molar-refractivity contribution is 5.92. The largest absolute Gasteiger partial charge is 0.386 e. The third-order valence-corrected chi connectivity index (χ3v) is 4.37. The van der Waals surface area contributed by atoms with E-state index in [1.807, 2.05) is 0 Å². The summed E-state index contributed by atoms with van der Waals surface area (Å²) in [4.78, 5) is 31.9. The molecule has 2 aromatic carbocycles. The van der Waals surface area contributed by atoms with Crippen molar-refractivity contribution in [3.8, 4) is 0 Å². The van der Waals surface area contributed by atoms with E-state index in [1.165, 1.54) is 38.5 Å². The fourth-order valence-corrected chi connectivity index (χ4v) is 2.69. The predicted molar refractivity (Wildman–Crippen MR) is 113 cm³/mol. The number of carbonyl (C=O) groups excluding carboxylic acids is 2. The molecule has 0 bridgehead atoms. The van der Waals surface area contributed by atoms with E-state index in [0.29, 0.717) is 11.1 Å². The monoisotopic (exact) mass is 414 g/mol. The maximum Gasteiger partial charge on any atom is 0.386 e. The quantitative estimate of drug-likeness (QED) is 0.509. The minimum absolute atomic E-state index is 0.318. The van der Waals surface area contributed by atoms with Gasteiger partial charge in [0, 0.05) is 26.4 Å². The maximum absolute atomic E-state index is 11.5. The maximum atomic E-state index is 11.5. The summed E-state index contributed by atoms with van der Waals surface area (Å²) in [5, 5.41) is 0. The van der Waals surface area contributed by atoms with Gasteiger partial charge in [-0.2, -0.15) is 0 Å². The third kappa shape index (κ3) is 10.2. The molecule has 30 heavy (non-hydrogen) atoms. The minimum atomic E-state index is -0.708. The van der Waals surface area contributed by atoms with Crippen LogP contribution in [0.1, 0.15) is 59.2 Å². The first-order valence-electron chi connectivity index (χ1n) is 10.5. The van der Waals surface area contributed by atoms with E-state index in [0.717, 1.165) is 26.4 Å². The molecule has 0 spiro atoms. The van der Waals surface area contributed by atoms with E-state index in [9.17, 15) is 9.59 Å². The second-order valence-corrected chi connectivity index (χ2v) is 6.82. The Morgan fingerprint density at radius 2 is 0.867 bits per heavy atom. The molecular formula is C24H30O6. The van der Waals surface area contributed by atoms with Gasteiger partial charge in [-0.1, -0.05) is 36.4 Å². The fourth-order valence-electron chi connectivity index (χ4n) is 2.69. The van der Waals surface area contributed by atoms with Crippen LogP contribution in [0.5, 0.6) is 0 Å². The fraction of sp³-hybridized carbons (Fsp3) is 0.417. The number of ether oxygens (including phenoxy) is 2. The van der Waals surface area contributed by atoms with E-state index in [-0.39, 0.29) is 0 Å². The standard InChI is InChI=1S/C14H10O4.2C5H10O/c15-13(11-7-3-1-4-8-11)17-18-14(16)12-9-5-2-6-10-12;2*1-2-4-6-5-3-1/h1-10H;2*1-5H2. The molecule has 0 atom stereocenters. The van der Waals surface area contributed by atoms with Crippen LogP contribution in [0.15, 0.2) is 60.7 Å². The summed E-state index contributed by atoms with van der Waals surface area (Å²) in [6, 6.07) is 16.6. The van der Waals surface area contributed by atoms with E-state index < -0.39 is 11.9 Å². The molecule has 2 aliphatic heterocycles. The first kappa shape index (κ1) is 23.6. The summed E-state index contributed by atoms with van der Waals surface area (Å²) in [5.41, 5.74) is 0.636. The topological polar surface area (TPSA) is 71.1 Å².